The van der Waals surface area contributed by atoms with Gasteiger partial charge in [0.2, 0.25) is 0 Å². The van der Waals surface area contributed by atoms with Crippen molar-refractivity contribution in [2.24, 2.45) is 5.92 Å². The second-order valence-electron chi connectivity index (χ2n) is 4.87. The van der Waals surface area contributed by atoms with E-state index in [2.05, 4.69) is 6.58 Å². The summed E-state index contributed by atoms with van der Waals surface area (Å²) in [6.07, 6.45) is 1.36. The maximum Gasteiger partial charge on any atom is 1.00 e. The summed E-state index contributed by atoms with van der Waals surface area (Å²) in [6.45, 7) is 6.12. The molecule has 0 spiro atoms. The van der Waals surface area contributed by atoms with Gasteiger partial charge in [0.25, 0.3) is 10.1 Å². The van der Waals surface area contributed by atoms with Crippen molar-refractivity contribution in [2.45, 2.75) is 50.9 Å². The van der Waals surface area contributed by atoms with Crippen LogP contribution in [0.1, 0.15) is 41.0 Å². The van der Waals surface area contributed by atoms with Crippen molar-refractivity contribution >= 4 is 22.1 Å². The zero-order valence-electron chi connectivity index (χ0n) is 14.2. The van der Waals surface area contributed by atoms with Crippen LogP contribution in [0.25, 0.3) is 0 Å². The number of rotatable bonds is 10. The number of carboxylic acids is 1. The first-order chi connectivity index (χ1) is 9.59. The van der Waals surface area contributed by atoms with Crippen LogP contribution in [0.4, 0.5) is 0 Å². The molecule has 7 nitrogen and oxygen atoms in total. The predicted molar refractivity (Wildman–Crippen MR) is 77.5 cm³/mol. The smallest absolute Gasteiger partial charge is 1.00 e. The molecule has 0 aromatic rings. The molecule has 2 N–H and O–H groups in total. The summed E-state index contributed by atoms with van der Waals surface area (Å²) in [7, 11) is -4.28. The first-order valence-corrected chi connectivity index (χ1v) is 8.11. The van der Waals surface area contributed by atoms with E-state index in [0.29, 0.717) is 19.3 Å². The molecule has 9 heteroatoms. The fourth-order valence-corrected chi connectivity index (χ4v) is 2.85. The largest absolute Gasteiger partial charge is 1.00 e. The van der Waals surface area contributed by atoms with E-state index in [1.165, 1.54) is 13.8 Å². The summed E-state index contributed by atoms with van der Waals surface area (Å²) in [5, 5.41) is 7.45. The molecule has 0 bridgehead atoms. The summed E-state index contributed by atoms with van der Waals surface area (Å²) in [5.74, 6) is -2.24. The van der Waals surface area contributed by atoms with Crippen LogP contribution in [-0.2, 0) is 24.4 Å². The van der Waals surface area contributed by atoms with Crippen LogP contribution in [0.15, 0.2) is 12.7 Å². The van der Waals surface area contributed by atoms with E-state index in [1.54, 1.807) is 0 Å². The molecule has 0 aliphatic heterocycles. The molecule has 0 saturated carbocycles. The van der Waals surface area contributed by atoms with Gasteiger partial charge in [-0.25, -0.2) is 4.79 Å². The summed E-state index contributed by atoms with van der Waals surface area (Å²) in [4.78, 5) is 21.6. The van der Waals surface area contributed by atoms with Crippen molar-refractivity contribution in [3.05, 3.63) is 12.7 Å². The molecule has 0 amide bonds. The van der Waals surface area contributed by atoms with Gasteiger partial charge in [-0.15, -0.1) is 0 Å². The average Bonchev–Trinajstić information content (AvgIpc) is 2.36. The third-order valence-electron chi connectivity index (χ3n) is 3.32. The maximum absolute atomic E-state index is 11.3. The van der Waals surface area contributed by atoms with Gasteiger partial charge in [-0.2, -0.15) is 8.42 Å². The van der Waals surface area contributed by atoms with E-state index in [0.717, 1.165) is 6.08 Å². The third-order valence-corrected chi connectivity index (χ3v) is 4.61. The van der Waals surface area contributed by atoms with E-state index in [4.69, 9.17) is 14.4 Å². The average molecular weight is 346 g/mol. The van der Waals surface area contributed by atoms with Crippen LogP contribution in [0.5, 0.6) is 0 Å². The molecule has 0 aliphatic carbocycles. The second kappa shape index (κ2) is 11.2. The molecule has 0 heterocycles. The Morgan fingerprint density at radius 3 is 2.27 bits per heavy atom. The van der Waals surface area contributed by atoms with Gasteiger partial charge in [-0.05, 0) is 26.7 Å². The van der Waals surface area contributed by atoms with Crippen molar-refractivity contribution in [3.63, 3.8) is 0 Å². The van der Waals surface area contributed by atoms with Crippen LogP contribution in [-0.4, -0.2) is 41.4 Å². The van der Waals surface area contributed by atoms with Gasteiger partial charge >= 0.3 is 41.5 Å². The quantitative estimate of drug-likeness (QED) is 0.167. The minimum Gasteiger partial charge on any atom is -1.00 e. The Morgan fingerprint density at radius 1 is 1.32 bits per heavy atom. The number of unbranched alkanes of at least 4 members (excludes halogenated alkanes) is 1. The number of hydrogen-bond acceptors (Lipinski definition) is 5. The minimum absolute atomic E-state index is 0. The number of carboxylic acid groups (broad SMARTS) is 1. The second-order valence-corrected chi connectivity index (χ2v) is 6.64. The van der Waals surface area contributed by atoms with E-state index in [9.17, 15) is 18.0 Å². The molecule has 22 heavy (non-hydrogen) atoms. The summed E-state index contributed by atoms with van der Waals surface area (Å²) < 4.78 is 36.7. The fraction of sp³-hybridized carbons (Fsp3) is 0.692. The van der Waals surface area contributed by atoms with Gasteiger partial charge in [0.1, 0.15) is 6.10 Å². The van der Waals surface area contributed by atoms with Crippen molar-refractivity contribution in [1.82, 2.24) is 0 Å². The SMILES string of the molecule is C=CC(=O)OC(C)C(CCCCC(=O)O)C(C)S(=O)(=O)O.[H-].[Na+]. The number of carbonyl (C=O) groups excluding carboxylic acids is 1. The maximum atomic E-state index is 11.3. The molecular formula is C13H23NaO7S. The van der Waals surface area contributed by atoms with Crippen molar-refractivity contribution in [3.8, 4) is 0 Å². The Bertz CT molecular complexity index is 481. The summed E-state index contributed by atoms with van der Waals surface area (Å²) >= 11 is 0. The topological polar surface area (TPSA) is 118 Å². The molecular weight excluding hydrogens is 323 g/mol. The molecule has 0 aliphatic rings. The van der Waals surface area contributed by atoms with Crippen LogP contribution in [0.2, 0.25) is 0 Å². The first kappa shape index (κ1) is 23.9. The van der Waals surface area contributed by atoms with Crippen molar-refractivity contribution in [1.29, 1.82) is 0 Å². The van der Waals surface area contributed by atoms with E-state index in [1.807, 2.05) is 0 Å². The molecule has 0 aromatic heterocycles. The monoisotopic (exact) mass is 346 g/mol. The van der Waals surface area contributed by atoms with Crippen molar-refractivity contribution in [2.75, 3.05) is 0 Å². The standard InChI is InChI=1S/C13H22O7S.Na.H/c1-4-13(16)20-9(2)11(10(3)21(17,18)19)7-5-6-8-12(14)15;;/h4,9-11H,1,5-8H2,2-3H3,(H,14,15)(H,17,18,19);;/q;+1;-1. The normalized spacial score (nSPS) is 15.0. The first-order valence-electron chi connectivity index (χ1n) is 6.60. The number of esters is 1. The number of hydrogen-bond donors (Lipinski definition) is 2. The molecule has 3 atom stereocenters. The van der Waals surface area contributed by atoms with Crippen LogP contribution >= 0.6 is 0 Å². The Hall–Kier alpha value is -0.410. The summed E-state index contributed by atoms with van der Waals surface area (Å²) in [5.41, 5.74) is 0. The van der Waals surface area contributed by atoms with E-state index in [-0.39, 0.29) is 37.4 Å². The van der Waals surface area contributed by atoms with Crippen molar-refractivity contribution < 1.29 is 63.4 Å². The van der Waals surface area contributed by atoms with Gasteiger partial charge in [0, 0.05) is 18.4 Å². The van der Waals surface area contributed by atoms with E-state index < -0.39 is 39.3 Å². The molecule has 0 fully saturated rings. The van der Waals surface area contributed by atoms with Crippen LogP contribution in [0, 0.1) is 5.92 Å². The van der Waals surface area contributed by atoms with Gasteiger partial charge in [-0.1, -0.05) is 13.0 Å². The molecule has 0 radical (unpaired) electrons. The Labute approximate surface area is 154 Å². The van der Waals surface area contributed by atoms with Gasteiger partial charge in [-0.3, -0.25) is 9.35 Å². The predicted octanol–water partition coefficient (Wildman–Crippen LogP) is -1.24. The third kappa shape index (κ3) is 9.58. The van der Waals surface area contributed by atoms with Gasteiger partial charge < -0.3 is 11.3 Å². The zero-order valence-corrected chi connectivity index (χ0v) is 16.0. The van der Waals surface area contributed by atoms with Crippen LogP contribution < -0.4 is 29.6 Å². The summed E-state index contributed by atoms with van der Waals surface area (Å²) in [6, 6.07) is 0. The number of ether oxygens (including phenoxy) is 1. The number of aliphatic carboxylic acids is 1. The van der Waals surface area contributed by atoms with E-state index >= 15 is 0 Å². The molecule has 0 aromatic carbocycles. The molecule has 0 rings (SSSR count). The molecule has 3 unspecified atom stereocenters. The number of carbonyl (C=O) groups is 2. The van der Waals surface area contributed by atoms with Crippen LogP contribution in [0.3, 0.4) is 0 Å². The Kier molecular flexibility index (Phi) is 12.1. The fourth-order valence-electron chi connectivity index (χ4n) is 2.05. The van der Waals surface area contributed by atoms with Gasteiger partial charge in [0.15, 0.2) is 0 Å². The van der Waals surface area contributed by atoms with Gasteiger partial charge in [0.05, 0.1) is 5.25 Å². The molecule has 124 valence electrons. The zero-order chi connectivity index (χ0) is 16.6. The molecule has 0 saturated heterocycles. The Morgan fingerprint density at radius 2 is 1.86 bits per heavy atom. The Balaban J connectivity index is -0.00000200. The minimum atomic E-state index is -4.28.